The number of esters is 1. The molecule has 0 aliphatic heterocycles. The maximum atomic E-state index is 13.2. The van der Waals surface area contributed by atoms with Gasteiger partial charge in [0.1, 0.15) is 5.82 Å². The number of ether oxygens (including phenoxy) is 1. The van der Waals surface area contributed by atoms with Crippen molar-refractivity contribution >= 4 is 22.9 Å². The van der Waals surface area contributed by atoms with Gasteiger partial charge in [0.2, 0.25) is 0 Å². The highest BCUT2D eigenvalue weighted by molar-refractivity contribution is 7.80. The summed E-state index contributed by atoms with van der Waals surface area (Å²) in [7, 11) is 1.17. The third kappa shape index (κ3) is 3.00. The van der Waals surface area contributed by atoms with E-state index in [2.05, 4.69) is 4.74 Å². The third-order valence-corrected chi connectivity index (χ3v) is 1.97. The van der Waals surface area contributed by atoms with Crippen LogP contribution in [0.2, 0.25) is 0 Å². The van der Waals surface area contributed by atoms with Crippen LogP contribution in [0.3, 0.4) is 0 Å². The maximum Gasteiger partial charge on any atom is 0.337 e. The molecule has 82 valence electrons. The second-order valence-electron chi connectivity index (χ2n) is 2.52. The first-order valence-electron chi connectivity index (χ1n) is 3.78. The fourth-order valence-electron chi connectivity index (χ4n) is 0.932. The largest absolute Gasteiger partial charge is 0.755 e. The SMILES string of the molecule is COC(=O)c1ccc(NS(=O)[O-])c(F)c1. The minimum Gasteiger partial charge on any atom is -0.755 e. The number of hydrogen-bond donors (Lipinski definition) is 1. The van der Waals surface area contributed by atoms with Crippen molar-refractivity contribution in [2.24, 2.45) is 0 Å². The Bertz CT molecular complexity index is 410. The van der Waals surface area contributed by atoms with Crippen LogP contribution in [0.4, 0.5) is 10.1 Å². The molecule has 0 bridgehead atoms. The van der Waals surface area contributed by atoms with Gasteiger partial charge in [0.15, 0.2) is 0 Å². The number of carbonyl (C=O) groups is 1. The molecular formula is C8H7FNO4S-. The lowest BCUT2D eigenvalue weighted by atomic mass is 10.2. The molecule has 0 amide bonds. The first kappa shape index (κ1) is 11.6. The average molecular weight is 232 g/mol. The Hall–Kier alpha value is -1.47. The molecule has 15 heavy (non-hydrogen) atoms. The second-order valence-corrected chi connectivity index (χ2v) is 3.20. The number of nitrogens with one attached hydrogen (secondary N) is 1. The first-order chi connectivity index (χ1) is 7.04. The molecule has 0 heterocycles. The Morgan fingerprint density at radius 2 is 2.27 bits per heavy atom. The predicted molar refractivity (Wildman–Crippen MR) is 50.3 cm³/mol. The van der Waals surface area contributed by atoms with Crippen LogP contribution in [0.25, 0.3) is 0 Å². The summed E-state index contributed by atoms with van der Waals surface area (Å²) < 4.78 is 39.8. The molecule has 0 saturated carbocycles. The van der Waals surface area contributed by atoms with Gasteiger partial charge < -0.3 is 14.0 Å². The normalized spacial score (nSPS) is 11.9. The summed E-state index contributed by atoms with van der Waals surface area (Å²) in [6.45, 7) is 0. The van der Waals surface area contributed by atoms with Crippen molar-refractivity contribution in [1.82, 2.24) is 0 Å². The van der Waals surface area contributed by atoms with Crippen molar-refractivity contribution in [2.75, 3.05) is 11.8 Å². The predicted octanol–water partition coefficient (Wildman–Crippen LogP) is 0.818. The Balaban J connectivity index is 2.97. The van der Waals surface area contributed by atoms with E-state index < -0.39 is 23.1 Å². The summed E-state index contributed by atoms with van der Waals surface area (Å²) >= 11 is -2.60. The molecule has 0 radical (unpaired) electrons. The van der Waals surface area contributed by atoms with Crippen LogP contribution in [-0.2, 0) is 16.0 Å². The first-order valence-corrected chi connectivity index (χ1v) is 4.86. The third-order valence-electron chi connectivity index (χ3n) is 1.58. The van der Waals surface area contributed by atoms with Gasteiger partial charge in [0, 0.05) is 11.3 Å². The number of halogens is 1. The molecule has 5 nitrogen and oxygen atoms in total. The van der Waals surface area contributed by atoms with Crippen molar-refractivity contribution in [2.45, 2.75) is 0 Å². The molecule has 1 aromatic rings. The van der Waals surface area contributed by atoms with Crippen LogP contribution in [0.5, 0.6) is 0 Å². The van der Waals surface area contributed by atoms with E-state index in [1.54, 1.807) is 0 Å². The number of rotatable bonds is 3. The van der Waals surface area contributed by atoms with Crippen molar-refractivity contribution in [3.8, 4) is 0 Å². The molecule has 1 aromatic carbocycles. The van der Waals surface area contributed by atoms with Crippen molar-refractivity contribution in [3.05, 3.63) is 29.6 Å². The number of hydrogen-bond acceptors (Lipinski definition) is 4. The van der Waals surface area contributed by atoms with E-state index in [9.17, 15) is 17.9 Å². The average Bonchev–Trinajstić information content (AvgIpc) is 2.19. The molecule has 0 aliphatic rings. The summed E-state index contributed by atoms with van der Waals surface area (Å²) in [5, 5.41) is 0. The lowest BCUT2D eigenvalue weighted by Crippen LogP contribution is -2.06. The quantitative estimate of drug-likeness (QED) is 0.618. The topological polar surface area (TPSA) is 78.5 Å². The van der Waals surface area contributed by atoms with E-state index in [0.717, 1.165) is 12.1 Å². The Kier molecular flexibility index (Phi) is 3.75. The van der Waals surface area contributed by atoms with Crippen molar-refractivity contribution in [3.63, 3.8) is 0 Å². The monoisotopic (exact) mass is 232 g/mol. The van der Waals surface area contributed by atoms with E-state index >= 15 is 0 Å². The fourth-order valence-corrected chi connectivity index (χ4v) is 1.28. The number of anilines is 1. The Labute approximate surface area is 87.7 Å². The number of benzene rings is 1. The highest BCUT2D eigenvalue weighted by Gasteiger charge is 2.09. The van der Waals surface area contributed by atoms with Gasteiger partial charge in [-0.3, -0.25) is 4.21 Å². The van der Waals surface area contributed by atoms with Gasteiger partial charge in [-0.2, -0.15) is 0 Å². The molecule has 0 fully saturated rings. The summed E-state index contributed by atoms with van der Waals surface area (Å²) in [6.07, 6.45) is 0. The van der Waals surface area contributed by atoms with Crippen LogP contribution in [0.1, 0.15) is 10.4 Å². The number of carbonyl (C=O) groups excluding carboxylic acids is 1. The maximum absolute atomic E-state index is 13.2. The zero-order chi connectivity index (χ0) is 11.4. The summed E-state index contributed by atoms with van der Waals surface area (Å²) in [5.41, 5.74) is -0.215. The highest BCUT2D eigenvalue weighted by atomic mass is 32.2. The van der Waals surface area contributed by atoms with Gasteiger partial charge in [-0.1, -0.05) is 0 Å². The minimum absolute atomic E-state index is 0.0113. The van der Waals surface area contributed by atoms with E-state index in [4.69, 9.17) is 0 Å². The molecular weight excluding hydrogens is 225 g/mol. The minimum atomic E-state index is -2.60. The molecule has 7 heteroatoms. The zero-order valence-corrected chi connectivity index (χ0v) is 8.47. The van der Waals surface area contributed by atoms with E-state index in [1.165, 1.54) is 13.2 Å². The van der Waals surface area contributed by atoms with Crippen LogP contribution >= 0.6 is 0 Å². The Morgan fingerprint density at radius 3 is 2.73 bits per heavy atom. The Morgan fingerprint density at radius 1 is 1.60 bits per heavy atom. The van der Waals surface area contributed by atoms with Crippen LogP contribution < -0.4 is 4.72 Å². The van der Waals surface area contributed by atoms with Crippen molar-refractivity contribution in [1.29, 1.82) is 0 Å². The molecule has 1 unspecified atom stereocenters. The summed E-state index contributed by atoms with van der Waals surface area (Å²) in [4.78, 5) is 11.0. The summed E-state index contributed by atoms with van der Waals surface area (Å²) in [6, 6.07) is 3.28. The molecule has 1 N–H and O–H groups in total. The van der Waals surface area contributed by atoms with Crippen molar-refractivity contribution < 1.29 is 22.7 Å². The van der Waals surface area contributed by atoms with Crippen LogP contribution in [0, 0.1) is 5.82 Å². The van der Waals surface area contributed by atoms with Gasteiger partial charge in [-0.15, -0.1) is 0 Å². The lowest BCUT2D eigenvalue weighted by Gasteiger charge is -2.09. The van der Waals surface area contributed by atoms with Crippen LogP contribution in [-0.4, -0.2) is 21.8 Å². The van der Waals surface area contributed by atoms with Gasteiger partial charge >= 0.3 is 5.97 Å². The highest BCUT2D eigenvalue weighted by Crippen LogP contribution is 2.16. The van der Waals surface area contributed by atoms with Gasteiger partial charge in [0.25, 0.3) is 0 Å². The molecule has 0 spiro atoms. The van der Waals surface area contributed by atoms with Gasteiger partial charge in [-0.25, -0.2) is 9.18 Å². The van der Waals surface area contributed by atoms with Gasteiger partial charge in [0.05, 0.1) is 18.4 Å². The van der Waals surface area contributed by atoms with E-state index in [1.807, 2.05) is 4.72 Å². The fraction of sp³-hybridized carbons (Fsp3) is 0.125. The number of methoxy groups -OCH3 is 1. The van der Waals surface area contributed by atoms with Gasteiger partial charge in [-0.05, 0) is 18.2 Å². The van der Waals surface area contributed by atoms with Crippen LogP contribution in [0.15, 0.2) is 18.2 Å². The molecule has 1 rings (SSSR count). The van der Waals surface area contributed by atoms with E-state index in [0.29, 0.717) is 0 Å². The standard InChI is InChI=1S/C8H8FNO4S/c1-14-8(11)5-2-3-7(6(9)4-5)10-15(12)13/h2-4,10H,1H3,(H,12,13)/p-1. The zero-order valence-electron chi connectivity index (χ0n) is 7.65. The molecule has 0 aliphatic carbocycles. The second kappa shape index (κ2) is 4.85. The molecule has 0 aromatic heterocycles. The van der Waals surface area contributed by atoms with E-state index in [-0.39, 0.29) is 11.3 Å². The molecule has 0 saturated heterocycles. The lowest BCUT2D eigenvalue weighted by molar-refractivity contribution is 0.0600. The summed E-state index contributed by atoms with van der Waals surface area (Å²) in [5.74, 6) is -1.54. The smallest absolute Gasteiger partial charge is 0.337 e. The molecule has 1 atom stereocenters.